The Labute approximate surface area is 263 Å². The van der Waals surface area contributed by atoms with Crippen LogP contribution in [0.5, 0.6) is 0 Å². The highest BCUT2D eigenvalue weighted by Crippen LogP contribution is 2.21. The third-order valence-corrected chi connectivity index (χ3v) is 7.41. The van der Waals surface area contributed by atoms with Gasteiger partial charge in [0.15, 0.2) is 0 Å². The quantitative estimate of drug-likeness (QED) is 0.128. The van der Waals surface area contributed by atoms with Gasteiger partial charge in [0.05, 0.1) is 0 Å². The summed E-state index contributed by atoms with van der Waals surface area (Å²) in [4.78, 5) is 65.2. The van der Waals surface area contributed by atoms with Gasteiger partial charge < -0.3 is 31.4 Å². The summed E-state index contributed by atoms with van der Waals surface area (Å²) in [7, 11) is 0. The normalized spacial score (nSPS) is 13.2. The summed E-state index contributed by atoms with van der Waals surface area (Å²) >= 11 is 0. The van der Waals surface area contributed by atoms with E-state index in [4.69, 9.17) is 10.2 Å². The fourth-order valence-electron chi connectivity index (χ4n) is 4.98. The predicted octanol–water partition coefficient (Wildman–Crippen LogP) is 3.64. The van der Waals surface area contributed by atoms with Crippen LogP contribution in [0.1, 0.15) is 69.3 Å². The number of unbranched alkanes of at least 4 members (excludes halogenated alkanes) is 1. The van der Waals surface area contributed by atoms with Gasteiger partial charge in [0.2, 0.25) is 17.7 Å². The second-order valence-corrected chi connectivity index (χ2v) is 12.0. The van der Waals surface area contributed by atoms with Crippen molar-refractivity contribution in [2.75, 3.05) is 11.9 Å². The summed E-state index contributed by atoms with van der Waals surface area (Å²) in [6.07, 6.45) is 1.88. The molecule has 0 aliphatic carbocycles. The lowest BCUT2D eigenvalue weighted by Crippen LogP contribution is -2.57. The van der Waals surface area contributed by atoms with Crippen LogP contribution in [0, 0.1) is 18.8 Å². The Balaban J connectivity index is 1.77. The molecule has 0 aliphatic rings. The number of hydrogen-bond acceptors (Lipinski definition) is 7. The van der Waals surface area contributed by atoms with Crippen molar-refractivity contribution >= 4 is 40.3 Å². The molecule has 0 radical (unpaired) electrons. The monoisotopic (exact) mass is 619 g/mol. The van der Waals surface area contributed by atoms with Crippen LogP contribution >= 0.6 is 0 Å². The number of amides is 4. The highest BCUT2D eigenvalue weighted by atomic mass is 16.4. The number of carbonyl (C=O) groups excluding carboxylic acids is 4. The molecule has 11 heteroatoms. The lowest BCUT2D eigenvalue weighted by molar-refractivity contribution is -0.132. The minimum absolute atomic E-state index is 0.0395. The van der Waals surface area contributed by atoms with Crippen LogP contribution in [0.3, 0.4) is 0 Å². The Hall–Kier alpha value is -4.51. The molecule has 3 atom stereocenters. The van der Waals surface area contributed by atoms with Gasteiger partial charge in [0.25, 0.3) is 5.91 Å². The maximum atomic E-state index is 13.6. The molecule has 45 heavy (non-hydrogen) atoms. The summed E-state index contributed by atoms with van der Waals surface area (Å²) in [6.45, 7) is 9.70. The summed E-state index contributed by atoms with van der Waals surface area (Å²) in [5.74, 6) is -2.08. The van der Waals surface area contributed by atoms with Crippen molar-refractivity contribution in [2.24, 2.45) is 17.6 Å². The Bertz CT molecular complexity index is 1540. The Morgan fingerprint density at radius 2 is 1.51 bits per heavy atom. The third-order valence-electron chi connectivity index (χ3n) is 7.41. The van der Waals surface area contributed by atoms with Crippen LogP contribution < -0.4 is 32.6 Å². The number of fused-ring (bicyclic) bond motifs is 1. The molecule has 0 saturated carbocycles. The molecule has 1 aromatic heterocycles. The first-order chi connectivity index (χ1) is 21.4. The number of carbonyl (C=O) groups is 4. The molecule has 242 valence electrons. The first-order valence-electron chi connectivity index (χ1n) is 15.4. The second-order valence-electron chi connectivity index (χ2n) is 12.0. The number of anilines is 1. The molecule has 4 amide bonds. The van der Waals surface area contributed by atoms with Crippen LogP contribution in [0.2, 0.25) is 0 Å². The van der Waals surface area contributed by atoms with Crippen LogP contribution in [0.25, 0.3) is 11.0 Å². The zero-order chi connectivity index (χ0) is 33.1. The molecule has 3 aromatic rings. The number of nitrogens with one attached hydrogen (secondary N) is 4. The standard InChI is InChI=1S/C34H45N5O6/c1-20(2)17-27(38-34(44)30(21(3)4)39-31(41)23-11-7-6-8-12-23)33(43)37-26(13-9-10-16-35)32(42)36-24-14-15-25-22(5)18-29(40)45-28(25)19-24/h6-8,11-12,14-15,18-21,26-27,30H,9-10,13,16-17,35H2,1-5H3,(H,36,42)(H,37,43)(H,38,44)(H,39,41)/t26-,27-,30-/m0/s1. The van der Waals surface area contributed by atoms with E-state index in [1.54, 1.807) is 55.5 Å². The van der Waals surface area contributed by atoms with Crippen molar-refractivity contribution in [2.45, 2.75) is 78.4 Å². The molecule has 2 aromatic carbocycles. The molecule has 0 fully saturated rings. The Morgan fingerprint density at radius 3 is 2.16 bits per heavy atom. The number of benzene rings is 2. The van der Waals surface area contributed by atoms with Gasteiger partial charge in [-0.3, -0.25) is 19.2 Å². The summed E-state index contributed by atoms with van der Waals surface area (Å²) in [5.41, 5.74) is 7.09. The summed E-state index contributed by atoms with van der Waals surface area (Å²) in [5, 5.41) is 12.0. The number of nitrogens with two attached hydrogens (primary N) is 1. The summed E-state index contributed by atoms with van der Waals surface area (Å²) < 4.78 is 5.30. The average molecular weight is 620 g/mol. The minimum atomic E-state index is -0.949. The van der Waals surface area contributed by atoms with E-state index in [0.717, 1.165) is 10.9 Å². The first-order valence-corrected chi connectivity index (χ1v) is 15.4. The highest BCUT2D eigenvalue weighted by molar-refractivity contribution is 6.01. The van der Waals surface area contributed by atoms with E-state index < -0.39 is 47.4 Å². The molecule has 0 bridgehead atoms. The molecule has 0 saturated heterocycles. The van der Waals surface area contributed by atoms with E-state index >= 15 is 0 Å². The van der Waals surface area contributed by atoms with Crippen molar-refractivity contribution in [1.82, 2.24) is 16.0 Å². The van der Waals surface area contributed by atoms with Gasteiger partial charge in [-0.25, -0.2) is 4.79 Å². The molecule has 1 heterocycles. The second kappa shape index (κ2) is 16.5. The molecule has 0 spiro atoms. The fraction of sp³-hybridized carbons (Fsp3) is 0.441. The zero-order valence-corrected chi connectivity index (χ0v) is 26.6. The van der Waals surface area contributed by atoms with E-state index in [1.165, 1.54) is 6.07 Å². The lowest BCUT2D eigenvalue weighted by atomic mass is 9.99. The molecular formula is C34H45N5O6. The topological polar surface area (TPSA) is 173 Å². The largest absolute Gasteiger partial charge is 0.423 e. The lowest BCUT2D eigenvalue weighted by Gasteiger charge is -2.27. The molecular weight excluding hydrogens is 574 g/mol. The molecule has 0 aliphatic heterocycles. The first kappa shape index (κ1) is 35.0. The van der Waals surface area contributed by atoms with Crippen LogP contribution in [0.15, 0.2) is 63.8 Å². The fourth-order valence-corrected chi connectivity index (χ4v) is 4.98. The van der Waals surface area contributed by atoms with Gasteiger partial charge in [-0.15, -0.1) is 0 Å². The highest BCUT2D eigenvalue weighted by Gasteiger charge is 2.31. The average Bonchev–Trinajstić information content (AvgIpc) is 2.98. The van der Waals surface area contributed by atoms with Gasteiger partial charge in [0, 0.05) is 28.8 Å². The van der Waals surface area contributed by atoms with Crippen LogP contribution in [-0.4, -0.2) is 48.3 Å². The molecule has 3 rings (SSSR count). The van der Waals surface area contributed by atoms with Gasteiger partial charge in [-0.1, -0.05) is 45.9 Å². The molecule has 11 nitrogen and oxygen atoms in total. The summed E-state index contributed by atoms with van der Waals surface area (Å²) in [6, 6.07) is 12.2. The smallest absolute Gasteiger partial charge is 0.336 e. The Morgan fingerprint density at radius 1 is 0.822 bits per heavy atom. The molecule has 0 unspecified atom stereocenters. The predicted molar refractivity (Wildman–Crippen MR) is 175 cm³/mol. The number of rotatable bonds is 15. The SMILES string of the molecule is Cc1cc(=O)oc2cc(NC(=O)[C@H](CCCCN)NC(=O)[C@H](CC(C)C)NC(=O)[C@@H](NC(=O)c3ccccc3)C(C)C)ccc12. The van der Waals surface area contributed by atoms with E-state index in [0.29, 0.717) is 49.1 Å². The van der Waals surface area contributed by atoms with Gasteiger partial charge in [0.1, 0.15) is 23.7 Å². The maximum Gasteiger partial charge on any atom is 0.336 e. The van der Waals surface area contributed by atoms with Crippen molar-refractivity contribution in [3.8, 4) is 0 Å². The van der Waals surface area contributed by atoms with Gasteiger partial charge in [-0.2, -0.15) is 0 Å². The Kier molecular flexibility index (Phi) is 12.8. The van der Waals surface area contributed by atoms with E-state index in [-0.39, 0.29) is 11.8 Å². The van der Waals surface area contributed by atoms with Crippen molar-refractivity contribution in [1.29, 1.82) is 0 Å². The van der Waals surface area contributed by atoms with E-state index in [9.17, 15) is 24.0 Å². The van der Waals surface area contributed by atoms with Gasteiger partial charge in [-0.05, 0) is 80.8 Å². The van der Waals surface area contributed by atoms with E-state index in [1.807, 2.05) is 27.7 Å². The van der Waals surface area contributed by atoms with E-state index in [2.05, 4.69) is 21.3 Å². The minimum Gasteiger partial charge on any atom is -0.423 e. The van der Waals surface area contributed by atoms with Crippen LogP contribution in [-0.2, 0) is 14.4 Å². The van der Waals surface area contributed by atoms with Crippen molar-refractivity contribution in [3.05, 3.63) is 76.1 Å². The number of hydrogen-bond donors (Lipinski definition) is 5. The van der Waals surface area contributed by atoms with Crippen molar-refractivity contribution < 1.29 is 23.6 Å². The maximum absolute atomic E-state index is 13.6. The zero-order valence-electron chi connectivity index (χ0n) is 26.6. The molecule has 6 N–H and O–H groups in total. The van der Waals surface area contributed by atoms with Crippen LogP contribution in [0.4, 0.5) is 5.69 Å². The third kappa shape index (κ3) is 10.3. The number of aryl methyl sites for hydroxylation is 1. The van der Waals surface area contributed by atoms with Crippen molar-refractivity contribution in [3.63, 3.8) is 0 Å². The van der Waals surface area contributed by atoms with Gasteiger partial charge >= 0.3 is 5.63 Å².